The van der Waals surface area contributed by atoms with Crippen molar-refractivity contribution >= 4 is 0 Å². The van der Waals surface area contributed by atoms with E-state index in [1.807, 2.05) is 0 Å². The molecule has 1 heterocycles. The Bertz CT molecular complexity index is 72.2. The molecule has 1 nitrogen and oxygen atoms in total. The van der Waals surface area contributed by atoms with E-state index >= 15 is 0 Å². The summed E-state index contributed by atoms with van der Waals surface area (Å²) in [6.45, 7) is 4.44. The second kappa shape index (κ2) is 2.12. The van der Waals surface area contributed by atoms with Gasteiger partial charge in [-0.15, -0.1) is 0 Å². The Hall–Kier alpha value is -0.300. The first-order chi connectivity index (χ1) is 3.43. The molecule has 1 rings (SSSR count). The quantitative estimate of drug-likeness (QED) is 0.477. The summed E-state index contributed by atoms with van der Waals surface area (Å²) >= 11 is 0. The molecule has 7 heavy (non-hydrogen) atoms. The number of nitrogens with one attached hydrogen (secondary N) is 1. The Morgan fingerprint density at radius 3 is 2.43 bits per heavy atom. The molecule has 0 saturated carbocycles. The van der Waals surface area contributed by atoms with Gasteiger partial charge in [-0.1, -0.05) is 12.2 Å². The largest absolute Gasteiger partial charge is 0.315 e. The van der Waals surface area contributed by atoms with Crippen LogP contribution in [0.4, 0.5) is 0 Å². The first kappa shape index (κ1) is 4.85. The molecular formula is C6H11N. The molecule has 0 unspecified atom stereocenters. The molecule has 0 spiro atoms. The van der Waals surface area contributed by atoms with Crippen LogP contribution in [0.15, 0.2) is 12.2 Å². The van der Waals surface area contributed by atoms with E-state index in [1.165, 1.54) is 13.1 Å². The van der Waals surface area contributed by atoms with E-state index in [2.05, 4.69) is 24.4 Å². The van der Waals surface area contributed by atoms with Crippen LogP contribution in [0.25, 0.3) is 0 Å². The highest BCUT2D eigenvalue weighted by atomic mass is 14.9. The Kier molecular flexibility index (Phi) is 1.47. The van der Waals surface area contributed by atoms with Crippen molar-refractivity contribution in [1.82, 2.24) is 5.32 Å². The molecule has 0 radical (unpaired) electrons. The molecule has 1 heteroatoms. The Labute approximate surface area is 44.4 Å². The maximum Gasteiger partial charge on any atom is 0.00266 e. The molecule has 1 saturated heterocycles. The Morgan fingerprint density at radius 1 is 1.57 bits per heavy atom. The normalized spacial score (nSPS) is 23.0. The minimum absolute atomic E-state index is 0.838. The summed E-state index contributed by atoms with van der Waals surface area (Å²) < 4.78 is 0. The molecule has 0 aromatic rings. The maximum absolute atomic E-state index is 3.19. The third-order valence-electron chi connectivity index (χ3n) is 1.28. The van der Waals surface area contributed by atoms with Crippen LogP contribution in [0, 0.1) is 5.92 Å². The zero-order chi connectivity index (χ0) is 5.11. The summed E-state index contributed by atoms with van der Waals surface area (Å²) in [5, 5.41) is 3.19. The molecule has 0 bridgehead atoms. The molecule has 1 N–H and O–H groups in total. The molecule has 1 fully saturated rings. The average molecular weight is 97.2 g/mol. The number of rotatable bonds is 1. The lowest BCUT2D eigenvalue weighted by Gasteiger charge is -2.23. The highest BCUT2D eigenvalue weighted by Gasteiger charge is 2.10. The lowest BCUT2D eigenvalue weighted by Crippen LogP contribution is -2.40. The Morgan fingerprint density at radius 2 is 2.29 bits per heavy atom. The summed E-state index contributed by atoms with van der Waals surface area (Å²) in [5.74, 6) is 0.838. The van der Waals surface area contributed by atoms with Gasteiger partial charge in [0, 0.05) is 19.0 Å². The van der Waals surface area contributed by atoms with E-state index < -0.39 is 0 Å². The van der Waals surface area contributed by atoms with E-state index in [9.17, 15) is 0 Å². The highest BCUT2D eigenvalue weighted by Crippen LogP contribution is 2.02. The van der Waals surface area contributed by atoms with Crippen LogP contribution in [-0.4, -0.2) is 13.1 Å². The lowest BCUT2D eigenvalue weighted by molar-refractivity contribution is 0.418. The third-order valence-corrected chi connectivity index (χ3v) is 1.28. The summed E-state index contributed by atoms with van der Waals surface area (Å²) in [7, 11) is 0. The molecule has 0 aliphatic carbocycles. The van der Waals surface area contributed by atoms with E-state index in [0.717, 1.165) is 5.92 Å². The van der Waals surface area contributed by atoms with Gasteiger partial charge in [-0.2, -0.15) is 0 Å². The summed E-state index contributed by atoms with van der Waals surface area (Å²) in [5.41, 5.74) is 0. The smallest absolute Gasteiger partial charge is 0.00266 e. The van der Waals surface area contributed by atoms with Crippen molar-refractivity contribution in [3.63, 3.8) is 0 Å². The van der Waals surface area contributed by atoms with Crippen LogP contribution >= 0.6 is 0 Å². The van der Waals surface area contributed by atoms with Crippen molar-refractivity contribution in [1.29, 1.82) is 0 Å². The van der Waals surface area contributed by atoms with Crippen LogP contribution in [0.3, 0.4) is 0 Å². The lowest BCUT2D eigenvalue weighted by atomic mass is 10.0. The molecule has 1 aliphatic heterocycles. The van der Waals surface area contributed by atoms with Crippen molar-refractivity contribution in [3.8, 4) is 0 Å². The summed E-state index contributed by atoms with van der Waals surface area (Å²) in [4.78, 5) is 0. The van der Waals surface area contributed by atoms with Gasteiger partial charge in [0.1, 0.15) is 0 Å². The zero-order valence-electron chi connectivity index (χ0n) is 4.65. The predicted molar refractivity (Wildman–Crippen MR) is 31.2 cm³/mol. The fourth-order valence-electron chi connectivity index (χ4n) is 0.719. The zero-order valence-corrected chi connectivity index (χ0v) is 4.65. The van der Waals surface area contributed by atoms with Crippen LogP contribution in [-0.2, 0) is 0 Å². The number of hydrogen-bond acceptors (Lipinski definition) is 1. The second-order valence-corrected chi connectivity index (χ2v) is 1.94. The fraction of sp³-hybridized carbons (Fsp3) is 0.667. The molecule has 40 valence electrons. The van der Waals surface area contributed by atoms with Crippen molar-refractivity contribution in [2.45, 2.75) is 6.92 Å². The van der Waals surface area contributed by atoms with Gasteiger partial charge in [0.05, 0.1) is 0 Å². The van der Waals surface area contributed by atoms with Gasteiger partial charge < -0.3 is 5.32 Å². The number of allylic oxidation sites excluding steroid dienone is 1. The molecule has 0 aromatic heterocycles. The molecule has 0 atom stereocenters. The van der Waals surface area contributed by atoms with Gasteiger partial charge in [-0.05, 0) is 6.92 Å². The molecule has 0 aromatic carbocycles. The van der Waals surface area contributed by atoms with Crippen molar-refractivity contribution in [3.05, 3.63) is 12.2 Å². The molecular weight excluding hydrogens is 86.1 g/mol. The van der Waals surface area contributed by atoms with Crippen LogP contribution < -0.4 is 5.32 Å². The van der Waals surface area contributed by atoms with Crippen LogP contribution in [0.1, 0.15) is 6.92 Å². The van der Waals surface area contributed by atoms with Gasteiger partial charge in [0.25, 0.3) is 0 Å². The predicted octanol–water partition coefficient (Wildman–Crippen LogP) is 0.782. The number of hydrogen-bond donors (Lipinski definition) is 1. The van der Waals surface area contributed by atoms with Gasteiger partial charge in [-0.25, -0.2) is 0 Å². The summed E-state index contributed by atoms with van der Waals surface area (Å²) in [6, 6.07) is 0. The van der Waals surface area contributed by atoms with E-state index in [0.29, 0.717) is 0 Å². The van der Waals surface area contributed by atoms with E-state index in [-0.39, 0.29) is 0 Å². The average Bonchev–Trinajstić information content (AvgIpc) is 1.55. The van der Waals surface area contributed by atoms with Gasteiger partial charge in [0.2, 0.25) is 0 Å². The van der Waals surface area contributed by atoms with Gasteiger partial charge in [0.15, 0.2) is 0 Å². The third kappa shape index (κ3) is 1.03. The van der Waals surface area contributed by atoms with Crippen molar-refractivity contribution in [2.24, 2.45) is 5.92 Å². The first-order valence-electron chi connectivity index (χ1n) is 2.77. The monoisotopic (exact) mass is 97.1 g/mol. The Balaban J connectivity index is 2.14. The van der Waals surface area contributed by atoms with Gasteiger partial charge >= 0.3 is 0 Å². The van der Waals surface area contributed by atoms with E-state index in [1.54, 1.807) is 0 Å². The summed E-state index contributed by atoms with van der Waals surface area (Å²) in [6.07, 6.45) is 4.36. The highest BCUT2D eigenvalue weighted by molar-refractivity contribution is 4.93. The minimum atomic E-state index is 0.838. The topological polar surface area (TPSA) is 12.0 Å². The maximum atomic E-state index is 3.19. The first-order valence-corrected chi connectivity index (χ1v) is 2.77. The van der Waals surface area contributed by atoms with E-state index in [4.69, 9.17) is 0 Å². The molecule has 0 amide bonds. The van der Waals surface area contributed by atoms with Crippen molar-refractivity contribution in [2.75, 3.05) is 13.1 Å². The van der Waals surface area contributed by atoms with Crippen LogP contribution in [0.2, 0.25) is 0 Å². The fourth-order valence-corrected chi connectivity index (χ4v) is 0.719. The standard InChI is InChI=1S/C6H11N/c1-2-3-6-4-7-5-6/h2-3,6-7H,4-5H2,1H3/b3-2+. The van der Waals surface area contributed by atoms with Crippen molar-refractivity contribution < 1.29 is 0 Å². The van der Waals surface area contributed by atoms with Gasteiger partial charge in [-0.3, -0.25) is 0 Å². The minimum Gasteiger partial charge on any atom is -0.315 e. The second-order valence-electron chi connectivity index (χ2n) is 1.94. The SMILES string of the molecule is C/C=C/C1CNC1. The van der Waals surface area contributed by atoms with Crippen LogP contribution in [0.5, 0.6) is 0 Å². The molecule has 1 aliphatic rings.